The molecule has 1 aromatic carbocycles. The minimum absolute atomic E-state index is 0.413. The van der Waals surface area contributed by atoms with Gasteiger partial charge in [-0.2, -0.15) is 17.6 Å². The van der Waals surface area contributed by atoms with E-state index in [4.69, 9.17) is 0 Å². The molecule has 0 N–H and O–H groups in total. The molecular weight excluding hydrogens is 223 g/mol. The fourth-order valence-corrected chi connectivity index (χ4v) is 0.902. The fourth-order valence-electron chi connectivity index (χ4n) is 0.902. The number of methoxy groups -OCH3 is 1. The van der Waals surface area contributed by atoms with Gasteiger partial charge >= 0.3 is 6.61 Å². The fraction of sp³-hybridized carbons (Fsp3) is 0.250. The van der Waals surface area contributed by atoms with Gasteiger partial charge in [0.2, 0.25) is 17.4 Å². The zero-order valence-electron chi connectivity index (χ0n) is 7.36. The highest BCUT2D eigenvalue weighted by Gasteiger charge is 2.23. The summed E-state index contributed by atoms with van der Waals surface area (Å²) in [4.78, 5) is 0. The first-order chi connectivity index (χ1) is 6.97. The molecule has 0 radical (unpaired) electrons. The van der Waals surface area contributed by atoms with Crippen molar-refractivity contribution < 1.29 is 31.4 Å². The molecule has 0 unspecified atom stereocenters. The third kappa shape index (κ3) is 2.28. The van der Waals surface area contributed by atoms with Crippen LogP contribution in [0, 0.1) is 17.5 Å². The van der Waals surface area contributed by atoms with E-state index in [1.54, 1.807) is 0 Å². The minimum atomic E-state index is -3.44. The molecule has 0 saturated heterocycles. The number of benzene rings is 1. The molecule has 0 heterocycles. The lowest BCUT2D eigenvalue weighted by molar-refractivity contribution is -0.0551. The van der Waals surface area contributed by atoms with Crippen molar-refractivity contribution in [2.75, 3.05) is 7.11 Å². The van der Waals surface area contributed by atoms with E-state index in [2.05, 4.69) is 9.47 Å². The van der Waals surface area contributed by atoms with Crippen LogP contribution in [0.15, 0.2) is 6.07 Å². The molecule has 0 aliphatic heterocycles. The Hall–Kier alpha value is -1.53. The number of hydrogen-bond donors (Lipinski definition) is 0. The van der Waals surface area contributed by atoms with Crippen LogP contribution < -0.4 is 9.47 Å². The van der Waals surface area contributed by atoms with Crippen LogP contribution in [-0.2, 0) is 0 Å². The largest absolute Gasteiger partial charge is 0.493 e. The molecule has 84 valence electrons. The van der Waals surface area contributed by atoms with Gasteiger partial charge in [0.25, 0.3) is 0 Å². The van der Waals surface area contributed by atoms with Gasteiger partial charge in [-0.25, -0.2) is 4.39 Å². The molecule has 0 amide bonds. The second-order valence-electron chi connectivity index (χ2n) is 2.40. The van der Waals surface area contributed by atoms with Crippen LogP contribution in [0.3, 0.4) is 0 Å². The zero-order valence-corrected chi connectivity index (χ0v) is 7.36. The molecule has 0 bridgehead atoms. The van der Waals surface area contributed by atoms with E-state index in [0.717, 1.165) is 7.11 Å². The normalized spacial score (nSPS) is 10.6. The highest BCUT2D eigenvalue weighted by atomic mass is 19.3. The van der Waals surface area contributed by atoms with Gasteiger partial charge in [0.05, 0.1) is 7.11 Å². The van der Waals surface area contributed by atoms with Crippen molar-refractivity contribution in [1.82, 2.24) is 0 Å². The van der Waals surface area contributed by atoms with E-state index in [1.807, 2.05) is 0 Å². The standard InChI is InChI=1S/C8H5F5O2/c1-14-4-2-3(9)7(15-8(12)13)6(11)5(4)10/h2,8H,1H3. The Labute approximate surface area is 81.2 Å². The summed E-state index contributed by atoms with van der Waals surface area (Å²) in [5, 5.41) is 0. The molecule has 7 heteroatoms. The molecule has 0 aromatic heterocycles. The summed E-state index contributed by atoms with van der Waals surface area (Å²) in [6, 6.07) is 0.413. The van der Waals surface area contributed by atoms with Crippen molar-refractivity contribution in [2.24, 2.45) is 0 Å². The van der Waals surface area contributed by atoms with Gasteiger partial charge in [0.15, 0.2) is 11.6 Å². The van der Waals surface area contributed by atoms with Gasteiger partial charge in [0.1, 0.15) is 0 Å². The van der Waals surface area contributed by atoms with Gasteiger partial charge in [-0.3, -0.25) is 0 Å². The lowest BCUT2D eigenvalue weighted by Gasteiger charge is -2.09. The van der Waals surface area contributed by atoms with E-state index >= 15 is 0 Å². The van der Waals surface area contributed by atoms with Crippen molar-refractivity contribution in [3.05, 3.63) is 23.5 Å². The maximum absolute atomic E-state index is 12.9. The molecule has 15 heavy (non-hydrogen) atoms. The van der Waals surface area contributed by atoms with Gasteiger partial charge in [-0.15, -0.1) is 0 Å². The average Bonchev–Trinajstić information content (AvgIpc) is 2.18. The molecule has 0 atom stereocenters. The van der Waals surface area contributed by atoms with Crippen LogP contribution in [0.4, 0.5) is 22.0 Å². The Bertz CT molecular complexity index is 367. The lowest BCUT2D eigenvalue weighted by Crippen LogP contribution is -2.07. The highest BCUT2D eigenvalue weighted by molar-refractivity contribution is 5.36. The Kier molecular flexibility index (Phi) is 3.33. The van der Waals surface area contributed by atoms with Crippen molar-refractivity contribution in [3.63, 3.8) is 0 Å². The molecule has 2 nitrogen and oxygen atoms in total. The van der Waals surface area contributed by atoms with E-state index < -0.39 is 35.6 Å². The Morgan fingerprint density at radius 3 is 2.20 bits per heavy atom. The first kappa shape index (κ1) is 11.5. The van der Waals surface area contributed by atoms with Crippen molar-refractivity contribution in [1.29, 1.82) is 0 Å². The number of alkyl halides is 2. The molecule has 0 fully saturated rings. The van der Waals surface area contributed by atoms with Crippen LogP contribution in [-0.4, -0.2) is 13.7 Å². The first-order valence-electron chi connectivity index (χ1n) is 3.63. The van der Waals surface area contributed by atoms with Gasteiger partial charge in [-0.1, -0.05) is 0 Å². The summed E-state index contributed by atoms with van der Waals surface area (Å²) in [5.74, 6) is -7.11. The summed E-state index contributed by atoms with van der Waals surface area (Å²) < 4.78 is 69.8. The van der Waals surface area contributed by atoms with Crippen LogP contribution in [0.5, 0.6) is 11.5 Å². The van der Waals surface area contributed by atoms with Crippen LogP contribution in [0.25, 0.3) is 0 Å². The van der Waals surface area contributed by atoms with Crippen LogP contribution >= 0.6 is 0 Å². The van der Waals surface area contributed by atoms with Gasteiger partial charge in [-0.05, 0) is 0 Å². The van der Waals surface area contributed by atoms with E-state index in [1.165, 1.54) is 0 Å². The molecule has 1 rings (SSSR count). The lowest BCUT2D eigenvalue weighted by atomic mass is 10.3. The van der Waals surface area contributed by atoms with Gasteiger partial charge < -0.3 is 9.47 Å². The number of hydrogen-bond acceptors (Lipinski definition) is 2. The predicted molar refractivity (Wildman–Crippen MR) is 39.5 cm³/mol. The number of ether oxygens (including phenoxy) is 2. The SMILES string of the molecule is COc1cc(F)c(OC(F)F)c(F)c1F. The van der Waals surface area contributed by atoms with Crippen LogP contribution in [0.2, 0.25) is 0 Å². The Balaban J connectivity index is 3.23. The van der Waals surface area contributed by atoms with Crippen molar-refractivity contribution in [3.8, 4) is 11.5 Å². The predicted octanol–water partition coefficient (Wildman–Crippen LogP) is 2.71. The maximum atomic E-state index is 12.9. The molecule has 0 spiro atoms. The van der Waals surface area contributed by atoms with Crippen LogP contribution in [0.1, 0.15) is 0 Å². The summed E-state index contributed by atoms with van der Waals surface area (Å²) in [6.07, 6.45) is 0. The summed E-state index contributed by atoms with van der Waals surface area (Å²) in [6.45, 7) is -3.44. The summed E-state index contributed by atoms with van der Waals surface area (Å²) >= 11 is 0. The highest BCUT2D eigenvalue weighted by Crippen LogP contribution is 2.31. The summed E-state index contributed by atoms with van der Waals surface area (Å²) in [5.41, 5.74) is 0. The quantitative estimate of drug-likeness (QED) is 0.585. The average molecular weight is 228 g/mol. The summed E-state index contributed by atoms with van der Waals surface area (Å²) in [7, 11) is 0.977. The maximum Gasteiger partial charge on any atom is 0.387 e. The van der Waals surface area contributed by atoms with Crippen molar-refractivity contribution in [2.45, 2.75) is 6.61 Å². The monoisotopic (exact) mass is 228 g/mol. The number of halogens is 5. The minimum Gasteiger partial charge on any atom is -0.493 e. The second-order valence-corrected chi connectivity index (χ2v) is 2.40. The molecule has 1 aromatic rings. The smallest absolute Gasteiger partial charge is 0.387 e. The van der Waals surface area contributed by atoms with E-state index in [9.17, 15) is 22.0 Å². The second kappa shape index (κ2) is 4.33. The first-order valence-corrected chi connectivity index (χ1v) is 3.63. The topological polar surface area (TPSA) is 18.5 Å². The van der Waals surface area contributed by atoms with Gasteiger partial charge in [0, 0.05) is 6.07 Å². The molecule has 0 aliphatic carbocycles. The zero-order chi connectivity index (χ0) is 11.6. The Morgan fingerprint density at radius 2 is 1.73 bits per heavy atom. The molecule has 0 saturated carbocycles. The molecule has 0 aliphatic rings. The van der Waals surface area contributed by atoms with Crippen molar-refractivity contribution >= 4 is 0 Å². The Morgan fingerprint density at radius 1 is 1.13 bits per heavy atom. The third-order valence-electron chi connectivity index (χ3n) is 1.51. The molecular formula is C8H5F5O2. The number of rotatable bonds is 3. The van der Waals surface area contributed by atoms with E-state index in [0.29, 0.717) is 6.07 Å². The van der Waals surface area contributed by atoms with E-state index in [-0.39, 0.29) is 0 Å². The third-order valence-corrected chi connectivity index (χ3v) is 1.51.